The molecule has 0 amide bonds. The lowest BCUT2D eigenvalue weighted by Crippen LogP contribution is -2.25. The molecule has 0 aliphatic carbocycles. The molecule has 1 aromatic heterocycles. The first-order valence-electron chi connectivity index (χ1n) is 3.86. The third-order valence-electron chi connectivity index (χ3n) is 1.58. The highest BCUT2D eigenvalue weighted by molar-refractivity contribution is 7.10. The zero-order valence-electron chi connectivity index (χ0n) is 7.03. The number of nitrogens with zero attached hydrogens (tertiary/aromatic N) is 2. The van der Waals surface area contributed by atoms with Gasteiger partial charge >= 0.3 is 0 Å². The lowest BCUT2D eigenvalue weighted by molar-refractivity contribution is 0.302. The van der Waals surface area contributed by atoms with Crippen LogP contribution in [0.5, 0.6) is 0 Å². The molecular formula is C7H13N3OS. The zero-order chi connectivity index (χ0) is 8.97. The van der Waals surface area contributed by atoms with Crippen LogP contribution in [-0.4, -0.2) is 29.2 Å². The number of aliphatic hydroxyl groups excluding tert-OH is 1. The molecule has 1 aromatic rings. The summed E-state index contributed by atoms with van der Waals surface area (Å²) in [7, 11) is 0. The van der Waals surface area contributed by atoms with Crippen molar-refractivity contribution in [3.05, 3.63) is 6.07 Å². The lowest BCUT2D eigenvalue weighted by atomic mass is 10.5. The minimum atomic E-state index is 0.158. The summed E-state index contributed by atoms with van der Waals surface area (Å²) in [4.78, 5) is 2.04. The Morgan fingerprint density at radius 2 is 2.50 bits per heavy atom. The summed E-state index contributed by atoms with van der Waals surface area (Å²) in [5.74, 6) is 0.548. The van der Waals surface area contributed by atoms with E-state index in [-0.39, 0.29) is 6.61 Å². The Morgan fingerprint density at radius 1 is 1.75 bits per heavy atom. The van der Waals surface area contributed by atoms with Crippen LogP contribution in [0.2, 0.25) is 0 Å². The van der Waals surface area contributed by atoms with Crippen molar-refractivity contribution in [1.29, 1.82) is 0 Å². The predicted molar refractivity (Wildman–Crippen MR) is 51.5 cm³/mol. The quantitative estimate of drug-likeness (QED) is 0.722. The largest absolute Gasteiger partial charge is 0.395 e. The van der Waals surface area contributed by atoms with Gasteiger partial charge in [0, 0.05) is 19.2 Å². The van der Waals surface area contributed by atoms with Crippen molar-refractivity contribution < 1.29 is 5.11 Å². The molecule has 0 aromatic carbocycles. The van der Waals surface area contributed by atoms with Crippen LogP contribution in [0.4, 0.5) is 10.8 Å². The molecule has 68 valence electrons. The molecule has 12 heavy (non-hydrogen) atoms. The van der Waals surface area contributed by atoms with E-state index in [1.54, 1.807) is 0 Å². The molecule has 0 aliphatic rings. The number of likely N-dealkylation sites (N-methyl/N-ethyl adjacent to an activating group) is 1. The highest BCUT2D eigenvalue weighted by Gasteiger charge is 2.06. The minimum absolute atomic E-state index is 0.158. The summed E-state index contributed by atoms with van der Waals surface area (Å²) in [6.07, 6.45) is 0. The Balaban J connectivity index is 2.66. The van der Waals surface area contributed by atoms with Crippen LogP contribution in [-0.2, 0) is 0 Å². The monoisotopic (exact) mass is 187 g/mol. The third kappa shape index (κ3) is 2.09. The summed E-state index contributed by atoms with van der Waals surface area (Å²) in [5, 5.41) is 9.76. The summed E-state index contributed by atoms with van der Waals surface area (Å²) in [5.41, 5.74) is 5.48. The van der Waals surface area contributed by atoms with Gasteiger partial charge in [0.2, 0.25) is 0 Å². The van der Waals surface area contributed by atoms with Gasteiger partial charge in [0.15, 0.2) is 0 Å². The van der Waals surface area contributed by atoms with Gasteiger partial charge in [0.25, 0.3) is 0 Å². The standard InChI is InChI=1S/C7H13N3OS/c1-2-10(3-4-11)7-5-6(8)9-12-7/h5,11H,2-4H2,1H3,(H2,8,9). The molecule has 1 rings (SSSR count). The number of nitrogens with two attached hydrogens (primary N) is 1. The van der Waals surface area contributed by atoms with E-state index in [0.717, 1.165) is 11.5 Å². The topological polar surface area (TPSA) is 62.4 Å². The molecular weight excluding hydrogens is 174 g/mol. The van der Waals surface area contributed by atoms with Gasteiger partial charge in [-0.15, -0.1) is 0 Å². The Morgan fingerprint density at radius 3 is 2.92 bits per heavy atom. The van der Waals surface area contributed by atoms with Gasteiger partial charge in [-0.1, -0.05) is 0 Å². The maximum Gasteiger partial charge on any atom is 0.139 e. The van der Waals surface area contributed by atoms with Crippen LogP contribution in [0.3, 0.4) is 0 Å². The van der Waals surface area contributed by atoms with E-state index in [1.165, 1.54) is 11.5 Å². The average Bonchev–Trinajstić information content (AvgIpc) is 2.47. The van der Waals surface area contributed by atoms with E-state index < -0.39 is 0 Å². The number of aliphatic hydroxyl groups is 1. The fourth-order valence-corrected chi connectivity index (χ4v) is 1.73. The fraction of sp³-hybridized carbons (Fsp3) is 0.571. The highest BCUT2D eigenvalue weighted by atomic mass is 32.1. The highest BCUT2D eigenvalue weighted by Crippen LogP contribution is 2.21. The normalized spacial score (nSPS) is 10.2. The van der Waals surface area contributed by atoms with Gasteiger partial charge in [-0.25, -0.2) is 0 Å². The van der Waals surface area contributed by atoms with Crippen molar-refractivity contribution in [3.8, 4) is 0 Å². The summed E-state index contributed by atoms with van der Waals surface area (Å²) < 4.78 is 3.96. The van der Waals surface area contributed by atoms with Gasteiger partial charge in [0.1, 0.15) is 10.8 Å². The number of hydrogen-bond acceptors (Lipinski definition) is 5. The number of aromatic nitrogens is 1. The van der Waals surface area contributed by atoms with Gasteiger partial charge in [-0.05, 0) is 18.5 Å². The molecule has 0 aliphatic heterocycles. The van der Waals surface area contributed by atoms with Crippen molar-refractivity contribution in [1.82, 2.24) is 4.37 Å². The average molecular weight is 187 g/mol. The van der Waals surface area contributed by atoms with Crippen molar-refractivity contribution in [2.24, 2.45) is 0 Å². The Kier molecular flexibility index (Phi) is 3.31. The number of anilines is 2. The molecule has 0 spiro atoms. The molecule has 0 saturated heterocycles. The van der Waals surface area contributed by atoms with E-state index >= 15 is 0 Å². The number of nitrogen functional groups attached to an aromatic ring is 1. The fourth-order valence-electron chi connectivity index (χ4n) is 0.973. The van der Waals surface area contributed by atoms with Gasteiger partial charge in [-0.3, -0.25) is 0 Å². The smallest absolute Gasteiger partial charge is 0.139 e. The van der Waals surface area contributed by atoms with Gasteiger partial charge in [0.05, 0.1) is 6.61 Å². The molecule has 5 heteroatoms. The maximum atomic E-state index is 8.75. The first-order valence-corrected chi connectivity index (χ1v) is 4.63. The van der Waals surface area contributed by atoms with Crippen molar-refractivity contribution in [2.45, 2.75) is 6.92 Å². The molecule has 0 atom stereocenters. The Bertz CT molecular complexity index is 238. The Labute approximate surface area is 75.8 Å². The van der Waals surface area contributed by atoms with Crippen molar-refractivity contribution in [2.75, 3.05) is 30.3 Å². The SMILES string of the molecule is CCN(CCO)c1cc(N)ns1. The van der Waals surface area contributed by atoms with E-state index in [4.69, 9.17) is 10.8 Å². The van der Waals surface area contributed by atoms with E-state index in [1.807, 2.05) is 17.9 Å². The first-order chi connectivity index (χ1) is 5.77. The second-order valence-corrected chi connectivity index (χ2v) is 3.18. The van der Waals surface area contributed by atoms with E-state index in [2.05, 4.69) is 4.37 Å². The van der Waals surface area contributed by atoms with Gasteiger partial charge < -0.3 is 15.7 Å². The van der Waals surface area contributed by atoms with E-state index in [9.17, 15) is 0 Å². The molecule has 0 radical (unpaired) electrons. The van der Waals surface area contributed by atoms with E-state index in [0.29, 0.717) is 12.4 Å². The van der Waals surface area contributed by atoms with Crippen LogP contribution >= 0.6 is 11.5 Å². The molecule has 0 fully saturated rings. The number of rotatable bonds is 4. The second kappa shape index (κ2) is 4.27. The molecule has 0 unspecified atom stereocenters. The molecule has 0 bridgehead atoms. The van der Waals surface area contributed by atoms with Crippen LogP contribution in [0, 0.1) is 0 Å². The zero-order valence-corrected chi connectivity index (χ0v) is 7.84. The predicted octanol–water partition coefficient (Wildman–Crippen LogP) is 0.544. The summed E-state index contributed by atoms with van der Waals surface area (Å²) in [6.45, 7) is 3.69. The summed E-state index contributed by atoms with van der Waals surface area (Å²) in [6, 6.07) is 1.82. The molecule has 1 heterocycles. The molecule has 3 N–H and O–H groups in total. The molecule has 0 saturated carbocycles. The maximum absolute atomic E-state index is 8.75. The summed E-state index contributed by atoms with van der Waals surface area (Å²) >= 11 is 1.36. The third-order valence-corrected chi connectivity index (χ3v) is 2.44. The van der Waals surface area contributed by atoms with Crippen LogP contribution in [0.25, 0.3) is 0 Å². The minimum Gasteiger partial charge on any atom is -0.395 e. The molecule has 4 nitrogen and oxygen atoms in total. The Hall–Kier alpha value is -0.810. The first kappa shape index (κ1) is 9.28. The van der Waals surface area contributed by atoms with Crippen molar-refractivity contribution in [3.63, 3.8) is 0 Å². The van der Waals surface area contributed by atoms with Crippen LogP contribution in [0.1, 0.15) is 6.92 Å². The van der Waals surface area contributed by atoms with Gasteiger partial charge in [-0.2, -0.15) is 4.37 Å². The second-order valence-electron chi connectivity index (χ2n) is 2.39. The van der Waals surface area contributed by atoms with Crippen molar-refractivity contribution >= 4 is 22.4 Å². The number of hydrogen-bond donors (Lipinski definition) is 2. The lowest BCUT2D eigenvalue weighted by Gasteiger charge is -2.18. The van der Waals surface area contributed by atoms with Crippen LogP contribution < -0.4 is 10.6 Å². The van der Waals surface area contributed by atoms with Crippen LogP contribution in [0.15, 0.2) is 6.07 Å².